The van der Waals surface area contributed by atoms with E-state index in [1.807, 2.05) is 6.08 Å². The maximum atomic E-state index is 10.5. The highest BCUT2D eigenvalue weighted by atomic mass is 16.3. The summed E-state index contributed by atoms with van der Waals surface area (Å²) in [6, 6.07) is 0. The Morgan fingerprint density at radius 3 is 2.61 bits per heavy atom. The summed E-state index contributed by atoms with van der Waals surface area (Å²) in [5, 5.41) is 29.5. The molecule has 2 fully saturated rings. The summed E-state index contributed by atoms with van der Waals surface area (Å²) in [5.74, 6) is 0.767. The lowest BCUT2D eigenvalue weighted by Crippen LogP contribution is -2.57. The number of aliphatic hydroxyl groups is 3. The fourth-order valence-corrected chi connectivity index (χ4v) is 5.36. The van der Waals surface area contributed by atoms with Crippen LogP contribution in [0.15, 0.2) is 23.8 Å². The Morgan fingerprint density at radius 2 is 2.00 bits per heavy atom. The van der Waals surface area contributed by atoms with Crippen LogP contribution in [0.1, 0.15) is 59.3 Å². The fourth-order valence-electron chi connectivity index (χ4n) is 5.36. The Bertz CT molecular complexity index is 470. The van der Waals surface area contributed by atoms with Gasteiger partial charge in [-0.05, 0) is 62.7 Å². The van der Waals surface area contributed by atoms with E-state index in [2.05, 4.69) is 27.4 Å². The van der Waals surface area contributed by atoms with Crippen molar-refractivity contribution in [3.63, 3.8) is 0 Å². The summed E-state index contributed by atoms with van der Waals surface area (Å²) in [6.45, 7) is 11.0. The minimum atomic E-state index is -0.409. The summed E-state index contributed by atoms with van der Waals surface area (Å²) in [6.07, 6.45) is 7.28. The first-order valence-electron chi connectivity index (χ1n) is 9.02. The van der Waals surface area contributed by atoms with E-state index in [1.165, 1.54) is 11.1 Å². The van der Waals surface area contributed by atoms with Gasteiger partial charge in [0.2, 0.25) is 0 Å². The second kappa shape index (κ2) is 7.08. The molecule has 0 bridgehead atoms. The molecule has 0 aromatic rings. The van der Waals surface area contributed by atoms with Crippen molar-refractivity contribution in [2.45, 2.75) is 65.4 Å². The van der Waals surface area contributed by atoms with Gasteiger partial charge in [0.05, 0.1) is 19.3 Å². The van der Waals surface area contributed by atoms with Gasteiger partial charge in [-0.2, -0.15) is 0 Å². The highest BCUT2D eigenvalue weighted by Gasteiger charge is 2.57. The van der Waals surface area contributed by atoms with E-state index in [4.69, 9.17) is 5.11 Å². The highest BCUT2D eigenvalue weighted by Crippen LogP contribution is 2.61. The molecule has 0 radical (unpaired) electrons. The minimum Gasteiger partial charge on any atom is -0.396 e. The third-order valence-electron chi connectivity index (χ3n) is 6.96. The molecule has 0 heterocycles. The van der Waals surface area contributed by atoms with Gasteiger partial charge in [-0.25, -0.2) is 0 Å². The third-order valence-corrected chi connectivity index (χ3v) is 6.96. The minimum absolute atomic E-state index is 0.0526. The standard InChI is InChI=1S/C20H34O3/c1-14(10-12-21)5-7-16-15(2)6-8-17-19(16,3)11-9-18(23)20(17,4)13-22/h10,16-18,21-23H,2,5-9,11-13H2,1,3-4H3/b14-10+/t16-,17+,18+,19+,20-/m1/s1. The molecule has 3 nitrogen and oxygen atoms in total. The summed E-state index contributed by atoms with van der Waals surface area (Å²) >= 11 is 0. The zero-order valence-corrected chi connectivity index (χ0v) is 15.0. The Balaban J connectivity index is 2.25. The smallest absolute Gasteiger partial charge is 0.0618 e. The van der Waals surface area contributed by atoms with Crippen molar-refractivity contribution in [1.29, 1.82) is 0 Å². The topological polar surface area (TPSA) is 60.7 Å². The number of allylic oxidation sites excluding steroid dienone is 2. The third kappa shape index (κ3) is 3.29. The molecule has 0 saturated heterocycles. The lowest BCUT2D eigenvalue weighted by atomic mass is 9.46. The van der Waals surface area contributed by atoms with E-state index in [1.54, 1.807) is 0 Å². The van der Waals surface area contributed by atoms with Crippen LogP contribution in [0.25, 0.3) is 0 Å². The van der Waals surface area contributed by atoms with Crippen molar-refractivity contribution < 1.29 is 15.3 Å². The second-order valence-electron chi connectivity index (χ2n) is 8.30. The van der Waals surface area contributed by atoms with Crippen molar-refractivity contribution in [2.75, 3.05) is 13.2 Å². The Morgan fingerprint density at radius 1 is 1.30 bits per heavy atom. The fraction of sp³-hybridized carbons (Fsp3) is 0.800. The van der Waals surface area contributed by atoms with E-state index in [-0.39, 0.29) is 18.6 Å². The van der Waals surface area contributed by atoms with Crippen molar-refractivity contribution >= 4 is 0 Å². The number of fused-ring (bicyclic) bond motifs is 1. The maximum Gasteiger partial charge on any atom is 0.0618 e. The van der Waals surface area contributed by atoms with E-state index in [9.17, 15) is 10.2 Å². The Kier molecular flexibility index (Phi) is 5.76. The molecule has 2 aliphatic carbocycles. The first-order chi connectivity index (χ1) is 10.8. The predicted octanol–water partition coefficient (Wildman–Crippen LogP) is 3.45. The number of rotatable bonds is 5. The van der Waals surface area contributed by atoms with Gasteiger partial charge in [0, 0.05) is 5.41 Å². The summed E-state index contributed by atoms with van der Waals surface area (Å²) in [7, 11) is 0. The van der Waals surface area contributed by atoms with Crippen LogP contribution in [0.3, 0.4) is 0 Å². The molecule has 5 atom stereocenters. The quantitative estimate of drug-likeness (QED) is 0.679. The van der Waals surface area contributed by atoms with E-state index in [0.29, 0.717) is 11.8 Å². The Hall–Kier alpha value is -0.640. The molecular weight excluding hydrogens is 288 g/mol. The van der Waals surface area contributed by atoms with Crippen molar-refractivity contribution in [3.8, 4) is 0 Å². The first kappa shape index (κ1) is 18.7. The summed E-state index contributed by atoms with van der Waals surface area (Å²) in [5.41, 5.74) is 2.26. The second-order valence-corrected chi connectivity index (χ2v) is 8.30. The molecule has 132 valence electrons. The monoisotopic (exact) mass is 322 g/mol. The van der Waals surface area contributed by atoms with Crippen molar-refractivity contribution in [2.24, 2.45) is 22.7 Å². The van der Waals surface area contributed by atoms with Crippen LogP contribution in [0.5, 0.6) is 0 Å². The molecule has 2 saturated carbocycles. The molecule has 23 heavy (non-hydrogen) atoms. The van der Waals surface area contributed by atoms with E-state index < -0.39 is 11.5 Å². The summed E-state index contributed by atoms with van der Waals surface area (Å²) < 4.78 is 0. The zero-order valence-electron chi connectivity index (χ0n) is 15.0. The van der Waals surface area contributed by atoms with Gasteiger partial charge in [-0.15, -0.1) is 0 Å². The molecule has 0 aliphatic heterocycles. The van der Waals surface area contributed by atoms with E-state index in [0.717, 1.165) is 38.5 Å². The molecule has 0 spiro atoms. The first-order valence-corrected chi connectivity index (χ1v) is 9.02. The largest absolute Gasteiger partial charge is 0.396 e. The van der Waals surface area contributed by atoms with Crippen LogP contribution in [-0.4, -0.2) is 34.6 Å². The van der Waals surface area contributed by atoms with Crippen molar-refractivity contribution in [3.05, 3.63) is 23.8 Å². The number of aliphatic hydroxyl groups excluding tert-OH is 3. The van der Waals surface area contributed by atoms with Gasteiger partial charge < -0.3 is 15.3 Å². The highest BCUT2D eigenvalue weighted by molar-refractivity contribution is 5.18. The van der Waals surface area contributed by atoms with Gasteiger partial charge in [-0.3, -0.25) is 0 Å². The van der Waals surface area contributed by atoms with Crippen LogP contribution in [0, 0.1) is 22.7 Å². The predicted molar refractivity (Wildman–Crippen MR) is 94.0 cm³/mol. The molecule has 0 aromatic heterocycles. The van der Waals surface area contributed by atoms with Gasteiger partial charge in [-0.1, -0.05) is 37.6 Å². The molecule has 2 aliphatic rings. The SMILES string of the molecule is C=C1CC[C@H]2[C@@](C)(CC[C@H](O)[C@]2(C)CO)[C@@H]1CC/C(C)=C/CO. The van der Waals surface area contributed by atoms with Gasteiger partial charge in [0.1, 0.15) is 0 Å². The van der Waals surface area contributed by atoms with Gasteiger partial charge in [0.25, 0.3) is 0 Å². The Labute approximate surface area is 141 Å². The molecule has 3 N–H and O–H groups in total. The number of hydrogen-bond donors (Lipinski definition) is 3. The molecule has 3 heteroatoms. The van der Waals surface area contributed by atoms with Crippen LogP contribution >= 0.6 is 0 Å². The maximum absolute atomic E-state index is 10.5. The van der Waals surface area contributed by atoms with Gasteiger partial charge >= 0.3 is 0 Å². The van der Waals surface area contributed by atoms with Crippen LogP contribution < -0.4 is 0 Å². The average molecular weight is 322 g/mol. The van der Waals surface area contributed by atoms with Crippen molar-refractivity contribution in [1.82, 2.24) is 0 Å². The van der Waals surface area contributed by atoms with E-state index >= 15 is 0 Å². The molecular formula is C20H34O3. The zero-order chi connectivity index (χ0) is 17.3. The number of hydrogen-bond acceptors (Lipinski definition) is 3. The van der Waals surface area contributed by atoms with Crippen LogP contribution in [0.2, 0.25) is 0 Å². The molecule has 2 rings (SSSR count). The van der Waals surface area contributed by atoms with Crippen LogP contribution in [-0.2, 0) is 0 Å². The van der Waals surface area contributed by atoms with Gasteiger partial charge in [0.15, 0.2) is 0 Å². The lowest BCUT2D eigenvalue weighted by Gasteiger charge is -2.60. The van der Waals surface area contributed by atoms with Crippen LogP contribution in [0.4, 0.5) is 0 Å². The molecule has 0 amide bonds. The molecule has 0 aromatic carbocycles. The summed E-state index contributed by atoms with van der Waals surface area (Å²) in [4.78, 5) is 0. The molecule has 0 unspecified atom stereocenters. The average Bonchev–Trinajstić information content (AvgIpc) is 2.51. The normalized spacial score (nSPS) is 41.7. The lowest BCUT2D eigenvalue weighted by molar-refractivity contribution is -0.152.